The van der Waals surface area contributed by atoms with Gasteiger partial charge in [0.2, 0.25) is 5.91 Å². The van der Waals surface area contributed by atoms with Crippen LogP contribution in [0, 0.1) is 11.8 Å². The maximum absolute atomic E-state index is 13.2. The van der Waals surface area contributed by atoms with Gasteiger partial charge in [-0.2, -0.15) is 0 Å². The van der Waals surface area contributed by atoms with Gasteiger partial charge in [-0.25, -0.2) is 0 Å². The first-order chi connectivity index (χ1) is 11.5. The summed E-state index contributed by atoms with van der Waals surface area (Å²) in [7, 11) is 0. The number of carboxylic acid groups (broad SMARTS) is 1. The van der Waals surface area contributed by atoms with E-state index >= 15 is 0 Å². The summed E-state index contributed by atoms with van der Waals surface area (Å²) in [6, 6.07) is 6.62. The van der Waals surface area contributed by atoms with Crippen LogP contribution in [0.1, 0.15) is 6.42 Å². The van der Waals surface area contributed by atoms with Gasteiger partial charge in [-0.15, -0.1) is 6.58 Å². The molecule has 24 heavy (non-hydrogen) atoms. The van der Waals surface area contributed by atoms with Crippen LogP contribution < -0.4 is 10.0 Å². The Labute approximate surface area is 144 Å². The maximum Gasteiger partial charge on any atom is 0.234 e. The highest BCUT2D eigenvalue weighted by Gasteiger charge is 2.69. The van der Waals surface area contributed by atoms with E-state index in [1.807, 2.05) is 6.08 Å². The van der Waals surface area contributed by atoms with Crippen molar-refractivity contribution >= 4 is 29.2 Å². The Hall–Kier alpha value is -2.11. The van der Waals surface area contributed by atoms with Crippen LogP contribution in [0.5, 0.6) is 0 Å². The summed E-state index contributed by atoms with van der Waals surface area (Å²) in [5.74, 6) is -3.35. The summed E-state index contributed by atoms with van der Waals surface area (Å²) in [5, 5.41) is 12.0. The number of hydrogen-bond acceptors (Lipinski definition) is 4. The molecule has 0 N–H and O–H groups in total. The van der Waals surface area contributed by atoms with Crippen molar-refractivity contribution in [3.05, 3.63) is 54.1 Å². The van der Waals surface area contributed by atoms with Crippen LogP contribution in [0.15, 0.2) is 49.1 Å². The van der Waals surface area contributed by atoms with Crippen LogP contribution >= 0.6 is 11.6 Å². The maximum atomic E-state index is 13.2. The molecule has 2 fully saturated rings. The number of aliphatic carboxylic acids is 1. The van der Waals surface area contributed by atoms with Crippen molar-refractivity contribution in [3.8, 4) is 0 Å². The van der Waals surface area contributed by atoms with E-state index in [1.165, 1.54) is 0 Å². The molecule has 1 spiro atoms. The Morgan fingerprint density at radius 2 is 2.21 bits per heavy atom. The van der Waals surface area contributed by atoms with Gasteiger partial charge in [0.15, 0.2) is 0 Å². The third-order valence-corrected chi connectivity index (χ3v) is 5.52. The van der Waals surface area contributed by atoms with Gasteiger partial charge in [0, 0.05) is 11.9 Å². The van der Waals surface area contributed by atoms with Gasteiger partial charge in [-0.3, -0.25) is 4.79 Å². The van der Waals surface area contributed by atoms with Crippen molar-refractivity contribution in [2.75, 3.05) is 4.90 Å². The molecular formula is C18H15ClNO4-. The Bertz CT molecular complexity index is 776. The van der Waals surface area contributed by atoms with Crippen LogP contribution in [0.25, 0.3) is 0 Å². The summed E-state index contributed by atoms with van der Waals surface area (Å²) < 4.78 is 6.00. The van der Waals surface area contributed by atoms with Crippen LogP contribution in [0.4, 0.5) is 5.69 Å². The number of fused-ring (bicyclic) bond motifs is 1. The third-order valence-electron chi connectivity index (χ3n) is 5.20. The van der Waals surface area contributed by atoms with Crippen molar-refractivity contribution < 1.29 is 19.4 Å². The van der Waals surface area contributed by atoms with Crippen LogP contribution in [-0.2, 0) is 14.3 Å². The number of carboxylic acids is 1. The largest absolute Gasteiger partial charge is 0.550 e. The lowest BCUT2D eigenvalue weighted by molar-refractivity contribution is -0.313. The molecule has 5 nitrogen and oxygen atoms in total. The number of amides is 1. The average molecular weight is 345 g/mol. The van der Waals surface area contributed by atoms with Gasteiger partial charge in [0.1, 0.15) is 5.60 Å². The molecule has 1 amide bonds. The molecule has 3 aliphatic heterocycles. The first kappa shape index (κ1) is 15.4. The predicted molar refractivity (Wildman–Crippen MR) is 86.3 cm³/mol. The molecule has 5 atom stereocenters. The molecule has 0 aromatic heterocycles. The van der Waals surface area contributed by atoms with E-state index in [2.05, 4.69) is 6.58 Å². The zero-order chi connectivity index (χ0) is 17.1. The Morgan fingerprint density at radius 3 is 2.88 bits per heavy atom. The molecule has 6 heteroatoms. The molecule has 3 aliphatic rings. The summed E-state index contributed by atoms with van der Waals surface area (Å²) in [5.41, 5.74) is -0.419. The van der Waals surface area contributed by atoms with Gasteiger partial charge >= 0.3 is 0 Å². The van der Waals surface area contributed by atoms with Crippen molar-refractivity contribution in [2.45, 2.75) is 24.2 Å². The molecule has 0 saturated carbocycles. The molecule has 124 valence electrons. The number of halogens is 1. The molecular weight excluding hydrogens is 330 g/mol. The lowest BCUT2D eigenvalue weighted by Crippen LogP contribution is -2.46. The van der Waals surface area contributed by atoms with Gasteiger partial charge < -0.3 is 19.5 Å². The summed E-state index contributed by atoms with van der Waals surface area (Å²) in [6.45, 7) is 3.77. The second-order valence-corrected chi connectivity index (χ2v) is 6.72. The Kier molecular flexibility index (Phi) is 3.34. The third kappa shape index (κ3) is 1.79. The predicted octanol–water partition coefficient (Wildman–Crippen LogP) is 1.32. The highest BCUT2D eigenvalue weighted by molar-refractivity contribution is 6.34. The number of carbonyl (C=O) groups is 2. The first-order valence-electron chi connectivity index (χ1n) is 7.78. The number of benzene rings is 1. The fraction of sp³-hybridized carbons (Fsp3) is 0.333. The number of rotatable bonds is 4. The quantitative estimate of drug-likeness (QED) is 0.772. The minimum absolute atomic E-state index is 0.295. The van der Waals surface area contributed by atoms with E-state index in [4.69, 9.17) is 16.3 Å². The molecule has 0 aliphatic carbocycles. The monoisotopic (exact) mass is 344 g/mol. The Morgan fingerprint density at radius 1 is 1.46 bits per heavy atom. The first-order valence-corrected chi connectivity index (χ1v) is 8.15. The zero-order valence-electron chi connectivity index (χ0n) is 12.7. The Balaban J connectivity index is 1.87. The number of hydrogen-bond donors (Lipinski definition) is 0. The van der Waals surface area contributed by atoms with E-state index in [0.717, 1.165) is 0 Å². The molecule has 3 heterocycles. The lowest BCUT2D eigenvalue weighted by Gasteiger charge is -2.33. The van der Waals surface area contributed by atoms with Crippen LogP contribution in [0.3, 0.4) is 0 Å². The second kappa shape index (κ2) is 5.19. The second-order valence-electron chi connectivity index (χ2n) is 6.32. The molecule has 1 aromatic carbocycles. The smallest absolute Gasteiger partial charge is 0.234 e. The molecule has 2 bridgehead atoms. The molecule has 0 unspecified atom stereocenters. The van der Waals surface area contributed by atoms with Gasteiger partial charge in [0.25, 0.3) is 0 Å². The summed E-state index contributed by atoms with van der Waals surface area (Å²) in [4.78, 5) is 26.3. The number of para-hydroxylation sites is 1. The van der Waals surface area contributed by atoms with E-state index in [0.29, 0.717) is 17.1 Å². The highest BCUT2D eigenvalue weighted by Crippen LogP contribution is 2.56. The molecule has 1 aromatic rings. The molecule has 4 rings (SSSR count). The van der Waals surface area contributed by atoms with E-state index in [1.54, 1.807) is 41.3 Å². The van der Waals surface area contributed by atoms with Gasteiger partial charge in [-0.1, -0.05) is 42.0 Å². The summed E-state index contributed by atoms with van der Waals surface area (Å²) >= 11 is 6.28. The summed E-state index contributed by atoms with van der Waals surface area (Å²) in [6.07, 6.45) is 5.09. The standard InChI is InChI=1S/C18H16ClNO4/c1-2-5-13-18-9-8-12(24-18)14(17(22)23)15(18)16(21)20(13)11-7-4-3-6-10(11)19/h2-4,6-9,12-15H,1,5H2,(H,22,23)/p-1/t12-,13-,14-,15-,18-/m1/s1. The topological polar surface area (TPSA) is 69.7 Å². The van der Waals surface area contributed by atoms with Crippen LogP contribution in [-0.4, -0.2) is 29.6 Å². The fourth-order valence-corrected chi connectivity index (χ4v) is 4.53. The minimum Gasteiger partial charge on any atom is -0.550 e. The number of anilines is 1. The molecule has 2 saturated heterocycles. The SMILES string of the molecule is C=CC[C@H]1N(c2ccccc2Cl)C(=O)[C@H]2[C@H](C(=O)[O-])[C@H]3C=C[C@]21O3. The highest BCUT2D eigenvalue weighted by atomic mass is 35.5. The molecule has 0 radical (unpaired) electrons. The van der Waals surface area contributed by atoms with Crippen molar-refractivity contribution in [3.63, 3.8) is 0 Å². The van der Waals surface area contributed by atoms with Crippen LogP contribution in [0.2, 0.25) is 5.02 Å². The number of nitrogens with zero attached hydrogens (tertiary/aromatic N) is 1. The lowest BCUT2D eigenvalue weighted by atomic mass is 9.74. The normalized spacial score (nSPS) is 36.2. The van der Waals surface area contributed by atoms with E-state index < -0.39 is 35.6 Å². The number of ether oxygens (including phenoxy) is 1. The zero-order valence-corrected chi connectivity index (χ0v) is 13.5. The van der Waals surface area contributed by atoms with Crippen molar-refractivity contribution in [1.82, 2.24) is 0 Å². The van der Waals surface area contributed by atoms with E-state index in [-0.39, 0.29) is 5.91 Å². The van der Waals surface area contributed by atoms with Crippen molar-refractivity contribution in [2.24, 2.45) is 11.8 Å². The van der Waals surface area contributed by atoms with Crippen molar-refractivity contribution in [1.29, 1.82) is 0 Å². The average Bonchev–Trinajstić information content (AvgIpc) is 3.18. The fourth-order valence-electron chi connectivity index (χ4n) is 4.30. The minimum atomic E-state index is -1.26. The van der Waals surface area contributed by atoms with Gasteiger partial charge in [-0.05, 0) is 18.6 Å². The van der Waals surface area contributed by atoms with Gasteiger partial charge in [0.05, 0.1) is 28.8 Å². The number of carbonyl (C=O) groups excluding carboxylic acids is 2. The van der Waals surface area contributed by atoms with E-state index in [9.17, 15) is 14.7 Å².